The summed E-state index contributed by atoms with van der Waals surface area (Å²) >= 11 is 1.62. The van der Waals surface area contributed by atoms with Gasteiger partial charge in [0.05, 0.1) is 6.61 Å². The van der Waals surface area contributed by atoms with Gasteiger partial charge in [0.25, 0.3) is 5.91 Å². The van der Waals surface area contributed by atoms with Crippen LogP contribution in [0, 0.1) is 0 Å². The maximum atomic E-state index is 11.1. The third-order valence-electron chi connectivity index (χ3n) is 1.99. The van der Waals surface area contributed by atoms with Crippen LogP contribution in [0.1, 0.15) is 21.1 Å². The number of nitrogens with zero attached hydrogens (tertiary/aromatic N) is 1. The van der Waals surface area contributed by atoms with E-state index in [2.05, 4.69) is 5.16 Å². The average molecular weight is 253 g/mol. The van der Waals surface area contributed by atoms with Gasteiger partial charge in [0, 0.05) is 10.9 Å². The van der Waals surface area contributed by atoms with E-state index < -0.39 is 5.91 Å². The molecule has 2 heterocycles. The SMILES string of the molecule is NNC(=O)c1cc(COCc2cccs2)on1. The normalized spacial score (nSPS) is 10.4. The Morgan fingerprint density at radius 2 is 2.47 bits per heavy atom. The number of amides is 1. The minimum Gasteiger partial charge on any atom is -0.368 e. The van der Waals surface area contributed by atoms with Crippen molar-refractivity contribution in [1.29, 1.82) is 0 Å². The number of ether oxygens (including phenoxy) is 1. The number of hydrazine groups is 1. The molecule has 0 saturated heterocycles. The number of nitrogen functional groups attached to an aromatic ring is 1. The smallest absolute Gasteiger partial charge is 0.287 e. The van der Waals surface area contributed by atoms with Crippen molar-refractivity contribution in [3.63, 3.8) is 0 Å². The molecule has 0 aromatic carbocycles. The van der Waals surface area contributed by atoms with Gasteiger partial charge >= 0.3 is 0 Å². The first-order valence-electron chi connectivity index (χ1n) is 4.86. The lowest BCUT2D eigenvalue weighted by Gasteiger charge is -1.97. The molecule has 6 nitrogen and oxygen atoms in total. The maximum Gasteiger partial charge on any atom is 0.287 e. The second-order valence-corrected chi connectivity index (χ2v) is 4.26. The first-order chi connectivity index (χ1) is 8.29. The zero-order valence-corrected chi connectivity index (χ0v) is 9.70. The van der Waals surface area contributed by atoms with Crippen LogP contribution in [0.3, 0.4) is 0 Å². The molecule has 2 rings (SSSR count). The van der Waals surface area contributed by atoms with Crippen molar-refractivity contribution >= 4 is 17.2 Å². The molecule has 0 spiro atoms. The Morgan fingerprint density at radius 1 is 1.59 bits per heavy atom. The average Bonchev–Trinajstić information content (AvgIpc) is 2.99. The number of carbonyl (C=O) groups is 1. The fraction of sp³-hybridized carbons (Fsp3) is 0.200. The topological polar surface area (TPSA) is 90.4 Å². The fourth-order valence-corrected chi connectivity index (χ4v) is 1.85. The van der Waals surface area contributed by atoms with Gasteiger partial charge < -0.3 is 9.26 Å². The Kier molecular flexibility index (Phi) is 3.86. The summed E-state index contributed by atoms with van der Waals surface area (Å²) in [6.07, 6.45) is 0. The lowest BCUT2D eigenvalue weighted by molar-refractivity contribution is 0.0893. The molecule has 17 heavy (non-hydrogen) atoms. The second kappa shape index (κ2) is 5.58. The van der Waals surface area contributed by atoms with Crippen LogP contribution in [-0.2, 0) is 18.0 Å². The van der Waals surface area contributed by atoms with E-state index in [1.54, 1.807) is 11.3 Å². The summed E-state index contributed by atoms with van der Waals surface area (Å²) in [5.41, 5.74) is 2.11. The van der Waals surface area contributed by atoms with E-state index in [0.717, 1.165) is 4.88 Å². The molecular formula is C10H11N3O3S. The quantitative estimate of drug-likeness (QED) is 0.472. The highest BCUT2D eigenvalue weighted by Crippen LogP contribution is 2.11. The van der Waals surface area contributed by atoms with Crippen LogP contribution >= 0.6 is 11.3 Å². The van der Waals surface area contributed by atoms with Gasteiger partial charge in [-0.1, -0.05) is 11.2 Å². The third kappa shape index (κ3) is 3.13. The molecule has 0 aliphatic heterocycles. The second-order valence-electron chi connectivity index (χ2n) is 3.22. The Hall–Kier alpha value is -1.70. The molecular weight excluding hydrogens is 242 g/mol. The highest BCUT2D eigenvalue weighted by molar-refractivity contribution is 7.09. The van der Waals surface area contributed by atoms with Crippen molar-refractivity contribution in [2.45, 2.75) is 13.2 Å². The zero-order valence-electron chi connectivity index (χ0n) is 8.88. The molecule has 7 heteroatoms. The van der Waals surface area contributed by atoms with Gasteiger partial charge in [-0.15, -0.1) is 11.3 Å². The fourth-order valence-electron chi connectivity index (χ4n) is 1.21. The Balaban J connectivity index is 1.83. The summed E-state index contributed by atoms with van der Waals surface area (Å²) in [6, 6.07) is 5.44. The summed E-state index contributed by atoms with van der Waals surface area (Å²) in [5.74, 6) is 4.97. The van der Waals surface area contributed by atoms with Crippen molar-refractivity contribution in [2.24, 2.45) is 5.84 Å². The molecule has 0 unspecified atom stereocenters. The number of aromatic nitrogens is 1. The molecule has 90 valence electrons. The van der Waals surface area contributed by atoms with Crippen LogP contribution in [0.15, 0.2) is 28.1 Å². The first kappa shape index (κ1) is 11.8. The molecule has 0 fully saturated rings. The van der Waals surface area contributed by atoms with E-state index in [1.165, 1.54) is 6.07 Å². The lowest BCUT2D eigenvalue weighted by atomic mass is 10.3. The molecule has 0 saturated carbocycles. The first-order valence-corrected chi connectivity index (χ1v) is 5.74. The van der Waals surface area contributed by atoms with Crippen LogP contribution in [0.25, 0.3) is 0 Å². The highest BCUT2D eigenvalue weighted by atomic mass is 32.1. The summed E-state index contributed by atoms with van der Waals surface area (Å²) in [6.45, 7) is 0.777. The number of hydrogen-bond donors (Lipinski definition) is 2. The number of nitrogens with one attached hydrogen (secondary N) is 1. The number of carbonyl (C=O) groups excluding carboxylic acids is 1. The Labute approximate surface area is 101 Å². The summed E-state index contributed by atoms with van der Waals surface area (Å²) in [7, 11) is 0. The number of rotatable bonds is 5. The molecule has 0 bridgehead atoms. The van der Waals surface area contributed by atoms with Crippen molar-refractivity contribution in [1.82, 2.24) is 10.6 Å². The zero-order chi connectivity index (χ0) is 12.1. The predicted molar refractivity (Wildman–Crippen MR) is 61.0 cm³/mol. The molecule has 0 atom stereocenters. The molecule has 0 radical (unpaired) electrons. The molecule has 1 amide bonds. The molecule has 2 aromatic rings. The van der Waals surface area contributed by atoms with Crippen molar-refractivity contribution in [3.05, 3.63) is 39.9 Å². The van der Waals surface area contributed by atoms with Gasteiger partial charge in [-0.3, -0.25) is 10.2 Å². The van der Waals surface area contributed by atoms with Crippen LogP contribution in [0.5, 0.6) is 0 Å². The number of hydrogen-bond acceptors (Lipinski definition) is 6. The van der Waals surface area contributed by atoms with E-state index in [4.69, 9.17) is 15.1 Å². The minimum atomic E-state index is -0.488. The predicted octanol–water partition coefficient (Wildman–Crippen LogP) is 1.06. The summed E-state index contributed by atoms with van der Waals surface area (Å²) < 4.78 is 10.3. The van der Waals surface area contributed by atoms with E-state index in [0.29, 0.717) is 12.4 Å². The lowest BCUT2D eigenvalue weighted by Crippen LogP contribution is -2.30. The molecule has 3 N–H and O–H groups in total. The Bertz CT molecular complexity index is 481. The van der Waals surface area contributed by atoms with Gasteiger partial charge in [-0.05, 0) is 11.4 Å². The minimum absolute atomic E-state index is 0.141. The van der Waals surface area contributed by atoms with Crippen molar-refractivity contribution < 1.29 is 14.1 Å². The highest BCUT2D eigenvalue weighted by Gasteiger charge is 2.10. The van der Waals surface area contributed by atoms with Gasteiger partial charge in [0.15, 0.2) is 11.5 Å². The van der Waals surface area contributed by atoms with E-state index >= 15 is 0 Å². The van der Waals surface area contributed by atoms with Crippen LogP contribution in [-0.4, -0.2) is 11.1 Å². The van der Waals surface area contributed by atoms with E-state index in [-0.39, 0.29) is 12.3 Å². The van der Waals surface area contributed by atoms with Crippen molar-refractivity contribution in [3.8, 4) is 0 Å². The monoisotopic (exact) mass is 253 g/mol. The van der Waals surface area contributed by atoms with Crippen LogP contribution in [0.4, 0.5) is 0 Å². The third-order valence-corrected chi connectivity index (χ3v) is 2.84. The summed E-state index contributed by atoms with van der Waals surface area (Å²) in [4.78, 5) is 12.2. The number of thiophene rings is 1. The van der Waals surface area contributed by atoms with Gasteiger partial charge in [-0.2, -0.15) is 0 Å². The van der Waals surface area contributed by atoms with Gasteiger partial charge in [0.1, 0.15) is 6.61 Å². The van der Waals surface area contributed by atoms with Crippen molar-refractivity contribution in [2.75, 3.05) is 0 Å². The standard InChI is InChI=1S/C10H11N3O3S/c11-12-10(14)9-4-7(16-13-9)5-15-6-8-2-1-3-17-8/h1-4H,5-6,11H2,(H,12,14). The van der Waals surface area contributed by atoms with Crippen LogP contribution in [0.2, 0.25) is 0 Å². The molecule has 2 aromatic heterocycles. The van der Waals surface area contributed by atoms with E-state index in [1.807, 2.05) is 22.9 Å². The largest absolute Gasteiger partial charge is 0.368 e. The molecule has 0 aliphatic carbocycles. The van der Waals surface area contributed by atoms with Crippen LogP contribution < -0.4 is 11.3 Å². The number of nitrogens with two attached hydrogens (primary N) is 1. The van der Waals surface area contributed by atoms with Gasteiger partial charge in [0.2, 0.25) is 0 Å². The Morgan fingerprint density at radius 3 is 3.18 bits per heavy atom. The van der Waals surface area contributed by atoms with Gasteiger partial charge in [-0.25, -0.2) is 5.84 Å². The molecule has 0 aliphatic rings. The maximum absolute atomic E-state index is 11.1. The van der Waals surface area contributed by atoms with E-state index in [9.17, 15) is 4.79 Å². The summed E-state index contributed by atoms with van der Waals surface area (Å²) in [5, 5.41) is 5.54.